The maximum absolute atomic E-state index is 13.0. The van der Waals surface area contributed by atoms with E-state index in [2.05, 4.69) is 5.32 Å². The Labute approximate surface area is 217 Å². The Hall–Kier alpha value is -3.62. The molecule has 0 bridgehead atoms. The number of rotatable bonds is 8. The van der Waals surface area contributed by atoms with Crippen molar-refractivity contribution in [3.05, 3.63) is 88.9 Å². The van der Waals surface area contributed by atoms with Gasteiger partial charge in [-0.1, -0.05) is 23.7 Å². The lowest BCUT2D eigenvalue weighted by molar-refractivity contribution is -0.121. The van der Waals surface area contributed by atoms with Crippen LogP contribution in [0.1, 0.15) is 29.3 Å². The first-order valence-corrected chi connectivity index (χ1v) is 12.5. The number of halogens is 1. The molecular formula is C27H23ClN2O5S. The van der Waals surface area contributed by atoms with Crippen LogP contribution in [0.3, 0.4) is 0 Å². The van der Waals surface area contributed by atoms with Gasteiger partial charge in [0.1, 0.15) is 0 Å². The Bertz CT molecular complexity index is 1280. The second kappa shape index (κ2) is 11.4. The van der Waals surface area contributed by atoms with Crippen molar-refractivity contribution in [2.75, 3.05) is 16.8 Å². The van der Waals surface area contributed by atoms with Crippen LogP contribution in [-0.4, -0.2) is 35.5 Å². The summed E-state index contributed by atoms with van der Waals surface area (Å²) in [6.45, 7) is 1.98. The maximum Gasteiger partial charge on any atom is 0.338 e. The molecule has 4 rings (SSSR count). The van der Waals surface area contributed by atoms with E-state index in [9.17, 15) is 19.2 Å². The maximum atomic E-state index is 13.0. The monoisotopic (exact) mass is 522 g/mol. The largest absolute Gasteiger partial charge is 0.462 e. The van der Waals surface area contributed by atoms with Crippen LogP contribution >= 0.6 is 23.4 Å². The molecule has 7 nitrogen and oxygen atoms in total. The number of nitrogens with one attached hydrogen (secondary N) is 1. The van der Waals surface area contributed by atoms with E-state index in [0.717, 1.165) is 15.4 Å². The lowest BCUT2D eigenvalue weighted by Crippen LogP contribution is -2.31. The highest BCUT2D eigenvalue weighted by Crippen LogP contribution is 2.34. The van der Waals surface area contributed by atoms with Gasteiger partial charge in [-0.05, 0) is 73.2 Å². The molecule has 1 atom stereocenters. The summed E-state index contributed by atoms with van der Waals surface area (Å²) >= 11 is 7.17. The zero-order chi connectivity index (χ0) is 25.7. The molecular weight excluding hydrogens is 500 g/mol. The molecule has 184 valence electrons. The molecule has 36 heavy (non-hydrogen) atoms. The number of anilines is 2. The normalized spacial score (nSPS) is 15.2. The van der Waals surface area contributed by atoms with Crippen molar-refractivity contribution in [2.24, 2.45) is 0 Å². The van der Waals surface area contributed by atoms with Crippen molar-refractivity contribution in [2.45, 2.75) is 29.9 Å². The van der Waals surface area contributed by atoms with Crippen molar-refractivity contribution in [1.29, 1.82) is 0 Å². The number of carbonyl (C=O) groups excluding carboxylic acids is 4. The van der Waals surface area contributed by atoms with Crippen LogP contribution in [0.15, 0.2) is 77.7 Å². The summed E-state index contributed by atoms with van der Waals surface area (Å²) in [5, 5.41) is 2.90. The summed E-state index contributed by atoms with van der Waals surface area (Å²) in [6.07, 6.45) is 0.297. The molecule has 1 unspecified atom stereocenters. The van der Waals surface area contributed by atoms with Crippen molar-refractivity contribution < 1.29 is 23.9 Å². The van der Waals surface area contributed by atoms with Crippen LogP contribution in [0.25, 0.3) is 0 Å². The van der Waals surface area contributed by atoms with E-state index in [1.807, 2.05) is 0 Å². The quantitative estimate of drug-likeness (QED) is 0.326. The fourth-order valence-electron chi connectivity index (χ4n) is 3.70. The summed E-state index contributed by atoms with van der Waals surface area (Å²) in [6, 6.07) is 20.4. The van der Waals surface area contributed by atoms with Gasteiger partial charge in [0.25, 0.3) is 0 Å². The van der Waals surface area contributed by atoms with E-state index in [4.69, 9.17) is 16.3 Å². The first-order chi connectivity index (χ1) is 17.3. The van der Waals surface area contributed by atoms with Gasteiger partial charge in [-0.25, -0.2) is 9.69 Å². The molecule has 1 saturated heterocycles. The molecule has 0 spiro atoms. The average molecular weight is 523 g/mol. The number of nitrogens with zero attached hydrogens (tertiary/aromatic N) is 1. The Kier molecular flexibility index (Phi) is 8.07. The zero-order valence-corrected chi connectivity index (χ0v) is 21.0. The molecule has 1 heterocycles. The van der Waals surface area contributed by atoms with Gasteiger partial charge < -0.3 is 10.1 Å². The summed E-state index contributed by atoms with van der Waals surface area (Å²) in [5.74, 6) is -1.22. The third-order valence-corrected chi connectivity index (χ3v) is 6.89. The number of hydrogen-bond acceptors (Lipinski definition) is 6. The predicted molar refractivity (Wildman–Crippen MR) is 139 cm³/mol. The Balaban J connectivity index is 1.35. The van der Waals surface area contributed by atoms with Gasteiger partial charge in [0.2, 0.25) is 17.7 Å². The summed E-state index contributed by atoms with van der Waals surface area (Å²) < 4.78 is 4.96. The summed E-state index contributed by atoms with van der Waals surface area (Å²) in [5.41, 5.74) is 2.26. The van der Waals surface area contributed by atoms with Gasteiger partial charge >= 0.3 is 5.97 Å². The van der Waals surface area contributed by atoms with E-state index in [0.29, 0.717) is 22.0 Å². The highest BCUT2D eigenvalue weighted by atomic mass is 35.5. The van der Waals surface area contributed by atoms with Crippen molar-refractivity contribution in [3.8, 4) is 0 Å². The second-order valence-electron chi connectivity index (χ2n) is 8.02. The molecule has 0 aliphatic carbocycles. The molecule has 1 aliphatic rings. The van der Waals surface area contributed by atoms with E-state index in [1.165, 1.54) is 23.9 Å². The smallest absolute Gasteiger partial charge is 0.338 e. The van der Waals surface area contributed by atoms with Crippen LogP contribution in [0.2, 0.25) is 5.02 Å². The zero-order valence-electron chi connectivity index (χ0n) is 19.4. The molecule has 1 aliphatic heterocycles. The number of benzene rings is 3. The molecule has 1 fully saturated rings. The Morgan fingerprint density at radius 1 is 1.00 bits per heavy atom. The fourth-order valence-corrected chi connectivity index (χ4v) is 4.88. The van der Waals surface area contributed by atoms with Gasteiger partial charge in [-0.2, -0.15) is 0 Å². The van der Waals surface area contributed by atoms with E-state index in [-0.39, 0.29) is 37.2 Å². The summed E-state index contributed by atoms with van der Waals surface area (Å²) in [7, 11) is 0. The number of imide groups is 1. The highest BCUT2D eigenvalue weighted by molar-refractivity contribution is 8.00. The molecule has 0 saturated carbocycles. The van der Waals surface area contributed by atoms with E-state index in [1.54, 1.807) is 67.6 Å². The topological polar surface area (TPSA) is 92.8 Å². The number of esters is 1. The van der Waals surface area contributed by atoms with Crippen LogP contribution in [0.5, 0.6) is 0 Å². The molecule has 0 radical (unpaired) electrons. The standard InChI is InChI=1S/C27H23ClN2O5S/c1-2-35-27(34)18-5-11-21(12-6-18)30-25(32)16-23(26(30)33)36-22-13-9-20(10-14-22)29-24(31)15-17-3-7-19(28)8-4-17/h3-14,23H,2,15-16H2,1H3,(H,29,31). The number of thioether (sulfide) groups is 1. The summed E-state index contributed by atoms with van der Waals surface area (Å²) in [4.78, 5) is 51.7. The van der Waals surface area contributed by atoms with Gasteiger partial charge in [0.15, 0.2) is 0 Å². The lowest BCUT2D eigenvalue weighted by atomic mass is 10.1. The van der Waals surface area contributed by atoms with Crippen LogP contribution < -0.4 is 10.2 Å². The first-order valence-electron chi connectivity index (χ1n) is 11.3. The third-order valence-electron chi connectivity index (χ3n) is 5.44. The Morgan fingerprint density at radius 2 is 1.67 bits per heavy atom. The average Bonchev–Trinajstić information content (AvgIpc) is 3.14. The van der Waals surface area contributed by atoms with Crippen molar-refractivity contribution >= 4 is 58.4 Å². The SMILES string of the molecule is CCOC(=O)c1ccc(N2C(=O)CC(Sc3ccc(NC(=O)Cc4ccc(Cl)cc4)cc3)C2=O)cc1. The minimum Gasteiger partial charge on any atom is -0.462 e. The third kappa shape index (κ3) is 6.13. The van der Waals surface area contributed by atoms with Gasteiger partial charge in [0, 0.05) is 22.0 Å². The van der Waals surface area contributed by atoms with Crippen molar-refractivity contribution in [3.63, 3.8) is 0 Å². The molecule has 3 aromatic carbocycles. The fraction of sp³-hybridized carbons (Fsp3) is 0.185. The molecule has 3 aromatic rings. The van der Waals surface area contributed by atoms with Crippen LogP contribution in [0, 0.1) is 0 Å². The minimum absolute atomic E-state index is 0.0721. The number of amides is 3. The van der Waals surface area contributed by atoms with Gasteiger partial charge in [-0.3, -0.25) is 14.4 Å². The van der Waals surface area contributed by atoms with E-state index >= 15 is 0 Å². The molecule has 9 heteroatoms. The van der Waals surface area contributed by atoms with Crippen molar-refractivity contribution in [1.82, 2.24) is 0 Å². The second-order valence-corrected chi connectivity index (χ2v) is 9.73. The van der Waals surface area contributed by atoms with Crippen LogP contribution in [0.4, 0.5) is 11.4 Å². The van der Waals surface area contributed by atoms with E-state index < -0.39 is 11.2 Å². The Morgan fingerprint density at radius 3 is 2.31 bits per heavy atom. The number of ether oxygens (including phenoxy) is 1. The molecule has 3 amide bonds. The van der Waals surface area contributed by atoms with Crippen LogP contribution in [-0.2, 0) is 25.5 Å². The first kappa shape index (κ1) is 25.5. The number of hydrogen-bond donors (Lipinski definition) is 1. The predicted octanol–water partition coefficient (Wildman–Crippen LogP) is 5.12. The highest BCUT2D eigenvalue weighted by Gasteiger charge is 2.40. The number of carbonyl (C=O) groups is 4. The minimum atomic E-state index is -0.562. The molecule has 1 N–H and O–H groups in total. The van der Waals surface area contributed by atoms with Gasteiger partial charge in [0.05, 0.1) is 29.5 Å². The molecule has 0 aromatic heterocycles. The lowest BCUT2D eigenvalue weighted by Gasteiger charge is -2.15. The van der Waals surface area contributed by atoms with Gasteiger partial charge in [-0.15, -0.1) is 11.8 Å².